The van der Waals surface area contributed by atoms with Crippen molar-refractivity contribution < 1.29 is 44.6 Å². The van der Waals surface area contributed by atoms with Crippen molar-refractivity contribution in [1.29, 1.82) is 0 Å². The molecule has 2 aliphatic rings. The van der Waals surface area contributed by atoms with E-state index in [9.17, 15) is 35.2 Å². The third kappa shape index (κ3) is 5.89. The van der Waals surface area contributed by atoms with Crippen LogP contribution in [0.4, 0.5) is 26.7 Å². The van der Waals surface area contributed by atoms with Crippen LogP contribution in [0.5, 0.6) is 5.75 Å². The lowest BCUT2D eigenvalue weighted by molar-refractivity contribution is -0.246. The van der Waals surface area contributed by atoms with Crippen molar-refractivity contribution in [2.75, 3.05) is 19.3 Å². The molecule has 0 atom stereocenters. The summed E-state index contributed by atoms with van der Waals surface area (Å²) in [5.74, 6) is -2.03. The average Bonchev–Trinajstić information content (AvgIpc) is 2.80. The Morgan fingerprint density at radius 3 is 2.18 bits per heavy atom. The van der Waals surface area contributed by atoms with E-state index in [0.717, 1.165) is 37.8 Å². The second-order valence-electron chi connectivity index (χ2n) is 10.5. The molecule has 2 aliphatic heterocycles. The van der Waals surface area contributed by atoms with Gasteiger partial charge in [0.1, 0.15) is 23.0 Å². The number of hydrogen-bond acceptors (Lipinski definition) is 5. The second kappa shape index (κ2) is 9.69. The first-order valence-corrected chi connectivity index (χ1v) is 14.1. The van der Waals surface area contributed by atoms with Crippen molar-refractivity contribution in [3.8, 4) is 16.9 Å². The molecule has 6 nitrogen and oxygen atoms in total. The minimum Gasteiger partial charge on any atom is -0.487 e. The number of carbonyl (C=O) groups is 1. The summed E-state index contributed by atoms with van der Waals surface area (Å²) in [7, 11) is -3.62. The van der Waals surface area contributed by atoms with E-state index in [-0.39, 0.29) is 18.7 Å². The number of halogens is 5. The van der Waals surface area contributed by atoms with Crippen molar-refractivity contribution in [2.45, 2.75) is 62.7 Å². The number of ether oxygens (including phenoxy) is 2. The Morgan fingerprint density at radius 1 is 1.03 bits per heavy atom. The normalized spacial score (nSPS) is 17.6. The second-order valence-corrected chi connectivity index (χ2v) is 12.6. The van der Waals surface area contributed by atoms with E-state index in [1.165, 1.54) is 4.90 Å². The molecule has 0 bridgehead atoms. The summed E-state index contributed by atoms with van der Waals surface area (Å²) in [6, 6.07) is 7.31. The SMILES string of the molecule is CC(C)(OC(=O)N1CCC2(CCc3cc(-c4cc(F)c(CS(C)(=O)=O)c(F)c4)ccc3O2)CC1)C(F)(F)F. The molecule has 0 N–H and O–H groups in total. The van der Waals surface area contributed by atoms with Gasteiger partial charge < -0.3 is 14.4 Å². The molecule has 0 unspecified atom stereocenters. The Labute approximate surface area is 217 Å². The molecular weight excluding hydrogens is 533 g/mol. The maximum atomic E-state index is 14.5. The lowest BCUT2D eigenvalue weighted by Gasteiger charge is -2.44. The Bertz CT molecular complexity index is 1330. The minimum absolute atomic E-state index is 0.179. The van der Waals surface area contributed by atoms with Gasteiger partial charge in [-0.1, -0.05) is 6.07 Å². The third-order valence-corrected chi connectivity index (χ3v) is 7.89. The van der Waals surface area contributed by atoms with E-state index in [1.807, 2.05) is 0 Å². The highest BCUT2D eigenvalue weighted by atomic mass is 32.2. The van der Waals surface area contributed by atoms with Crippen LogP contribution in [0.2, 0.25) is 0 Å². The van der Waals surface area contributed by atoms with Gasteiger partial charge in [0.2, 0.25) is 5.60 Å². The first-order chi connectivity index (χ1) is 17.5. The zero-order chi connectivity index (χ0) is 28.1. The lowest BCUT2D eigenvalue weighted by Crippen LogP contribution is -2.53. The number of rotatable bonds is 4. The van der Waals surface area contributed by atoms with Crippen molar-refractivity contribution >= 4 is 15.9 Å². The van der Waals surface area contributed by atoms with Gasteiger partial charge in [0.25, 0.3) is 0 Å². The first-order valence-electron chi connectivity index (χ1n) is 12.0. The number of aryl methyl sites for hydroxylation is 1. The monoisotopic (exact) mass is 561 g/mol. The summed E-state index contributed by atoms with van der Waals surface area (Å²) in [6.45, 7) is 1.97. The van der Waals surface area contributed by atoms with E-state index >= 15 is 0 Å². The maximum Gasteiger partial charge on any atom is 0.427 e. The molecule has 1 amide bonds. The molecule has 38 heavy (non-hydrogen) atoms. The van der Waals surface area contributed by atoms with Gasteiger partial charge in [-0.15, -0.1) is 0 Å². The number of benzene rings is 2. The predicted octanol–water partition coefficient (Wildman–Crippen LogP) is 5.81. The smallest absolute Gasteiger partial charge is 0.427 e. The molecule has 2 aromatic carbocycles. The molecule has 1 spiro atoms. The summed E-state index contributed by atoms with van der Waals surface area (Å²) >= 11 is 0. The van der Waals surface area contributed by atoms with Crippen LogP contribution in [-0.2, 0) is 26.7 Å². The van der Waals surface area contributed by atoms with E-state index in [4.69, 9.17) is 9.47 Å². The van der Waals surface area contributed by atoms with Crippen molar-refractivity contribution in [2.24, 2.45) is 0 Å². The molecule has 2 aromatic rings. The third-order valence-electron chi connectivity index (χ3n) is 7.08. The van der Waals surface area contributed by atoms with Crippen molar-refractivity contribution in [1.82, 2.24) is 4.90 Å². The molecular formula is C26H28F5NO5S. The lowest BCUT2D eigenvalue weighted by atomic mass is 9.82. The Kier molecular flexibility index (Phi) is 7.17. The van der Waals surface area contributed by atoms with Crippen LogP contribution in [0.3, 0.4) is 0 Å². The van der Waals surface area contributed by atoms with Crippen LogP contribution in [0.15, 0.2) is 30.3 Å². The number of likely N-dealkylation sites (tertiary alicyclic amines) is 1. The van der Waals surface area contributed by atoms with Gasteiger partial charge in [-0.25, -0.2) is 22.0 Å². The fraction of sp³-hybridized carbons (Fsp3) is 0.500. The van der Waals surface area contributed by atoms with Crippen LogP contribution < -0.4 is 4.74 Å². The summed E-state index contributed by atoms with van der Waals surface area (Å²) in [6.07, 6.45) is -2.81. The average molecular weight is 562 g/mol. The van der Waals surface area contributed by atoms with E-state index in [0.29, 0.717) is 37.0 Å². The van der Waals surface area contributed by atoms with Gasteiger partial charge in [-0.3, -0.25) is 0 Å². The van der Waals surface area contributed by atoms with E-state index in [1.54, 1.807) is 18.2 Å². The molecule has 208 valence electrons. The topological polar surface area (TPSA) is 72.9 Å². The predicted molar refractivity (Wildman–Crippen MR) is 129 cm³/mol. The number of sulfone groups is 1. The fourth-order valence-corrected chi connectivity index (χ4v) is 5.46. The number of alkyl halides is 3. The van der Waals surface area contributed by atoms with Crippen molar-refractivity contribution in [3.63, 3.8) is 0 Å². The Morgan fingerprint density at radius 2 is 1.63 bits per heavy atom. The molecule has 4 rings (SSSR count). The van der Waals surface area contributed by atoms with Gasteiger partial charge in [0, 0.05) is 37.8 Å². The highest BCUT2D eigenvalue weighted by Gasteiger charge is 2.52. The van der Waals surface area contributed by atoms with Crippen LogP contribution in [-0.4, -0.2) is 56.1 Å². The molecule has 1 saturated heterocycles. The minimum atomic E-state index is -4.69. The zero-order valence-corrected chi connectivity index (χ0v) is 21.9. The molecule has 0 saturated carbocycles. The summed E-state index contributed by atoms with van der Waals surface area (Å²) in [4.78, 5) is 13.6. The van der Waals surface area contributed by atoms with Gasteiger partial charge in [-0.05, 0) is 67.6 Å². The number of hydrogen-bond donors (Lipinski definition) is 0. The fourth-order valence-electron chi connectivity index (χ4n) is 4.66. The quantitative estimate of drug-likeness (QED) is 0.441. The van der Waals surface area contributed by atoms with Crippen molar-refractivity contribution in [3.05, 3.63) is 53.1 Å². The van der Waals surface area contributed by atoms with Crippen LogP contribution in [0.1, 0.15) is 44.2 Å². The standard InChI is InChI=1S/C26H28F5NO5S/c1-24(2,26(29,30)31)37-23(33)32-10-8-25(9-11-32)7-6-17-12-16(4-5-22(17)36-25)18-13-20(27)19(21(28)14-18)15-38(3,34)35/h4-5,12-14H,6-11,15H2,1-3H3. The summed E-state index contributed by atoms with van der Waals surface area (Å²) < 4.78 is 102. The number of fused-ring (bicyclic) bond motifs is 1. The number of piperidine rings is 1. The van der Waals surface area contributed by atoms with Crippen LogP contribution >= 0.6 is 0 Å². The van der Waals surface area contributed by atoms with E-state index < -0.39 is 56.3 Å². The Hall–Kier alpha value is -2.89. The highest BCUT2D eigenvalue weighted by molar-refractivity contribution is 7.89. The van der Waals surface area contributed by atoms with Crippen LogP contribution in [0.25, 0.3) is 11.1 Å². The molecule has 1 fully saturated rings. The molecule has 0 aromatic heterocycles. The molecule has 12 heteroatoms. The van der Waals surface area contributed by atoms with Gasteiger partial charge in [0.05, 0.1) is 5.75 Å². The first kappa shape index (κ1) is 28.1. The van der Waals surface area contributed by atoms with Gasteiger partial charge in [0.15, 0.2) is 9.84 Å². The maximum absolute atomic E-state index is 14.5. The molecule has 0 radical (unpaired) electrons. The number of carbonyl (C=O) groups excluding carboxylic acids is 1. The highest BCUT2D eigenvalue weighted by Crippen LogP contribution is 2.41. The van der Waals surface area contributed by atoms with Crippen LogP contribution in [0, 0.1) is 11.6 Å². The van der Waals surface area contributed by atoms with Gasteiger partial charge >= 0.3 is 12.3 Å². The molecule has 0 aliphatic carbocycles. The summed E-state index contributed by atoms with van der Waals surface area (Å²) in [5.41, 5.74) is -2.07. The van der Waals surface area contributed by atoms with Gasteiger partial charge in [-0.2, -0.15) is 13.2 Å². The van der Waals surface area contributed by atoms with E-state index in [2.05, 4.69) is 0 Å². The number of amides is 1. The molecule has 2 heterocycles. The largest absolute Gasteiger partial charge is 0.487 e. The number of nitrogens with zero attached hydrogens (tertiary/aromatic N) is 1. The Balaban J connectivity index is 1.44. The zero-order valence-electron chi connectivity index (χ0n) is 21.1. The summed E-state index contributed by atoms with van der Waals surface area (Å²) in [5, 5.41) is 0.